The van der Waals surface area contributed by atoms with Crippen LogP contribution in [0.2, 0.25) is 5.15 Å². The van der Waals surface area contributed by atoms with Crippen LogP contribution in [0.5, 0.6) is 11.9 Å². The van der Waals surface area contributed by atoms with Gasteiger partial charge in [-0.1, -0.05) is 41.9 Å². The van der Waals surface area contributed by atoms with E-state index in [-0.39, 0.29) is 46.9 Å². The summed E-state index contributed by atoms with van der Waals surface area (Å²) in [4.78, 5) is 17.6. The summed E-state index contributed by atoms with van der Waals surface area (Å²) in [6.45, 7) is 2.87. The van der Waals surface area contributed by atoms with Crippen molar-refractivity contribution in [3.63, 3.8) is 0 Å². The highest BCUT2D eigenvalue weighted by molar-refractivity contribution is 6.30. The van der Waals surface area contributed by atoms with E-state index in [9.17, 15) is 4.39 Å². The van der Waals surface area contributed by atoms with Crippen molar-refractivity contribution in [2.75, 3.05) is 37.7 Å². The SMILES string of the molecule is Fc1c(Cl)nc2c3c(nc(OC[C@@]45CCCN4C[C@H](F)C5)nc13)N([C@@H]1CC[C@@H]1OCc1ccccc1)CCO2. The lowest BCUT2D eigenvalue weighted by atomic mass is 9.87. The predicted octanol–water partition coefficient (Wildman–Crippen LogP) is 4.72. The van der Waals surface area contributed by atoms with Crippen molar-refractivity contribution in [2.45, 2.75) is 62.6 Å². The van der Waals surface area contributed by atoms with Gasteiger partial charge >= 0.3 is 6.01 Å². The summed E-state index contributed by atoms with van der Waals surface area (Å²) in [5.74, 6) is -0.0394. The summed E-state index contributed by atoms with van der Waals surface area (Å²) in [6.07, 6.45) is 3.19. The van der Waals surface area contributed by atoms with Crippen molar-refractivity contribution >= 4 is 28.3 Å². The number of fused-ring (bicyclic) bond motifs is 1. The number of rotatable bonds is 7. The van der Waals surface area contributed by atoms with Crippen LogP contribution in [0.3, 0.4) is 0 Å². The van der Waals surface area contributed by atoms with Gasteiger partial charge in [0, 0.05) is 13.0 Å². The van der Waals surface area contributed by atoms with Gasteiger partial charge in [-0.15, -0.1) is 0 Å². The molecule has 8 nitrogen and oxygen atoms in total. The summed E-state index contributed by atoms with van der Waals surface area (Å²) in [7, 11) is 0. The van der Waals surface area contributed by atoms with Crippen molar-refractivity contribution in [2.24, 2.45) is 0 Å². The van der Waals surface area contributed by atoms with Crippen LogP contribution in [-0.4, -0.2) is 76.6 Å². The molecule has 1 aliphatic carbocycles. The Balaban J connectivity index is 1.21. The van der Waals surface area contributed by atoms with E-state index in [0.717, 1.165) is 37.8 Å². The van der Waals surface area contributed by atoms with Gasteiger partial charge in [-0.25, -0.2) is 8.78 Å². The fourth-order valence-electron chi connectivity index (χ4n) is 6.55. The summed E-state index contributed by atoms with van der Waals surface area (Å²) >= 11 is 6.13. The van der Waals surface area contributed by atoms with E-state index in [4.69, 9.17) is 30.8 Å². The van der Waals surface area contributed by atoms with Crippen LogP contribution in [0.25, 0.3) is 10.9 Å². The van der Waals surface area contributed by atoms with Gasteiger partial charge in [-0.2, -0.15) is 15.0 Å². The van der Waals surface area contributed by atoms with E-state index in [1.165, 1.54) is 0 Å². The molecule has 7 rings (SSSR count). The molecule has 0 amide bonds. The number of anilines is 1. The summed E-state index contributed by atoms with van der Waals surface area (Å²) in [5.41, 5.74) is 0.739. The Morgan fingerprint density at radius 3 is 2.82 bits per heavy atom. The topological polar surface area (TPSA) is 72.8 Å². The molecule has 4 atom stereocenters. The highest BCUT2D eigenvalue weighted by Crippen LogP contribution is 2.43. The Kier molecular flexibility index (Phi) is 6.44. The molecule has 2 aromatic heterocycles. The normalized spacial score (nSPS) is 28.2. The first-order chi connectivity index (χ1) is 19.0. The number of halogens is 3. The minimum absolute atomic E-state index is 0.00791. The molecular formula is C28H30ClF2N5O3. The molecule has 0 spiro atoms. The van der Waals surface area contributed by atoms with Crippen molar-refractivity contribution in [1.29, 1.82) is 0 Å². The maximum atomic E-state index is 15.3. The first-order valence-electron chi connectivity index (χ1n) is 13.6. The number of hydrogen-bond acceptors (Lipinski definition) is 8. The molecule has 0 bridgehead atoms. The van der Waals surface area contributed by atoms with Crippen molar-refractivity contribution in [3.8, 4) is 11.9 Å². The van der Waals surface area contributed by atoms with Gasteiger partial charge in [0.15, 0.2) is 11.0 Å². The number of aromatic nitrogens is 3. The largest absolute Gasteiger partial charge is 0.475 e. The summed E-state index contributed by atoms with van der Waals surface area (Å²) in [5, 5.41) is 0.0618. The highest BCUT2D eigenvalue weighted by atomic mass is 35.5. The van der Waals surface area contributed by atoms with Crippen molar-refractivity contribution in [1.82, 2.24) is 19.9 Å². The zero-order valence-corrected chi connectivity index (χ0v) is 22.2. The van der Waals surface area contributed by atoms with E-state index >= 15 is 4.39 Å². The average molecular weight is 558 g/mol. The third kappa shape index (κ3) is 4.46. The molecule has 206 valence electrons. The van der Waals surface area contributed by atoms with Gasteiger partial charge in [-0.05, 0) is 37.8 Å². The van der Waals surface area contributed by atoms with Crippen LogP contribution >= 0.6 is 11.6 Å². The number of nitrogens with zero attached hydrogens (tertiary/aromatic N) is 5. The van der Waals surface area contributed by atoms with Gasteiger partial charge < -0.3 is 19.1 Å². The smallest absolute Gasteiger partial charge is 0.319 e. The van der Waals surface area contributed by atoms with Crippen LogP contribution in [-0.2, 0) is 11.3 Å². The second-order valence-corrected chi connectivity index (χ2v) is 11.3. The van der Waals surface area contributed by atoms with Crippen LogP contribution in [0.15, 0.2) is 30.3 Å². The number of ether oxygens (including phenoxy) is 3. The molecule has 5 heterocycles. The Labute approximate surface area is 230 Å². The third-order valence-corrected chi connectivity index (χ3v) is 8.88. The molecule has 11 heteroatoms. The fraction of sp³-hybridized carbons (Fsp3) is 0.536. The zero-order valence-electron chi connectivity index (χ0n) is 21.5. The monoisotopic (exact) mass is 557 g/mol. The Morgan fingerprint density at radius 2 is 2.00 bits per heavy atom. The predicted molar refractivity (Wildman–Crippen MR) is 142 cm³/mol. The third-order valence-electron chi connectivity index (χ3n) is 8.63. The number of benzene rings is 1. The molecule has 1 saturated carbocycles. The van der Waals surface area contributed by atoms with Crippen LogP contribution in [0.1, 0.15) is 37.7 Å². The quantitative estimate of drug-likeness (QED) is 0.387. The number of hydrogen-bond donors (Lipinski definition) is 0. The summed E-state index contributed by atoms with van der Waals surface area (Å²) < 4.78 is 48.0. The van der Waals surface area contributed by atoms with Crippen molar-refractivity contribution < 1.29 is 23.0 Å². The molecule has 3 aromatic rings. The van der Waals surface area contributed by atoms with Gasteiger partial charge in [0.05, 0.1) is 30.8 Å². The van der Waals surface area contributed by atoms with Crippen LogP contribution < -0.4 is 14.4 Å². The van der Waals surface area contributed by atoms with Gasteiger partial charge in [-0.3, -0.25) is 4.90 Å². The second kappa shape index (κ2) is 9.98. The number of alkyl halides is 1. The highest BCUT2D eigenvalue weighted by Gasteiger charge is 2.49. The first kappa shape index (κ1) is 25.2. The lowest BCUT2D eigenvalue weighted by Gasteiger charge is -2.44. The van der Waals surface area contributed by atoms with Gasteiger partial charge in [0.25, 0.3) is 0 Å². The molecule has 4 aliphatic rings. The van der Waals surface area contributed by atoms with Crippen molar-refractivity contribution in [3.05, 3.63) is 46.9 Å². The molecule has 0 N–H and O–H groups in total. The lowest BCUT2D eigenvalue weighted by molar-refractivity contribution is -0.0275. The molecule has 0 unspecified atom stereocenters. The molecule has 0 radical (unpaired) electrons. The van der Waals surface area contributed by atoms with Gasteiger partial charge in [0.1, 0.15) is 36.1 Å². The summed E-state index contributed by atoms with van der Waals surface area (Å²) in [6, 6.07) is 10.1. The number of pyridine rings is 1. The standard InChI is InChI=1S/C28H30ClF2N5O3/c29-24-22(31)23-21-25(34-27(32-23)39-16-28-9-4-10-35(28)14-18(30)13-28)36(11-12-37-26(21)33-24)19-7-8-20(19)38-15-17-5-2-1-3-6-17/h1-3,5-6,18-20H,4,7-16H2/t18-,19-,20+,28+/m1/s1. The Bertz CT molecular complexity index is 1380. The molecule has 3 fully saturated rings. The van der Waals surface area contributed by atoms with E-state index in [2.05, 4.69) is 19.8 Å². The Morgan fingerprint density at radius 1 is 1.13 bits per heavy atom. The van der Waals surface area contributed by atoms with Crippen LogP contribution in [0.4, 0.5) is 14.6 Å². The van der Waals surface area contributed by atoms with E-state index < -0.39 is 12.0 Å². The zero-order chi connectivity index (χ0) is 26.6. The van der Waals surface area contributed by atoms with Crippen LogP contribution in [0, 0.1) is 5.82 Å². The van der Waals surface area contributed by atoms with E-state index in [1.54, 1.807) is 0 Å². The molecule has 39 heavy (non-hydrogen) atoms. The maximum Gasteiger partial charge on any atom is 0.319 e. The minimum atomic E-state index is -0.875. The maximum absolute atomic E-state index is 15.3. The fourth-order valence-corrected chi connectivity index (χ4v) is 6.72. The average Bonchev–Trinajstić information content (AvgIpc) is 3.38. The molecule has 1 aromatic carbocycles. The first-order valence-corrected chi connectivity index (χ1v) is 14.0. The molecule has 3 aliphatic heterocycles. The second-order valence-electron chi connectivity index (χ2n) is 11.0. The Hall–Kier alpha value is -2.82. The van der Waals surface area contributed by atoms with Gasteiger partial charge in [0.2, 0.25) is 5.88 Å². The van der Waals surface area contributed by atoms with E-state index in [0.29, 0.717) is 43.9 Å². The minimum Gasteiger partial charge on any atom is -0.475 e. The van der Waals surface area contributed by atoms with E-state index in [1.807, 2.05) is 30.3 Å². The molecular weight excluding hydrogens is 528 g/mol. The molecule has 2 saturated heterocycles. The lowest BCUT2D eigenvalue weighted by Crippen LogP contribution is -2.53.